The summed E-state index contributed by atoms with van der Waals surface area (Å²) in [5.41, 5.74) is 4.65. The molecule has 1 saturated heterocycles. The molecule has 1 aliphatic heterocycles. The molecule has 3 heterocycles. The first kappa shape index (κ1) is 15.6. The van der Waals surface area contributed by atoms with E-state index < -0.39 is 0 Å². The summed E-state index contributed by atoms with van der Waals surface area (Å²) in [6.45, 7) is 5.36. The highest BCUT2D eigenvalue weighted by atomic mass is 16.1. The number of hydrogen-bond acceptors (Lipinski definition) is 3. The van der Waals surface area contributed by atoms with Crippen LogP contribution in [-0.2, 0) is 19.4 Å². The van der Waals surface area contributed by atoms with E-state index in [1.54, 1.807) is 0 Å². The number of rotatable bonds is 4. The van der Waals surface area contributed by atoms with Crippen molar-refractivity contribution in [3.8, 4) is 0 Å². The Labute approximate surface area is 148 Å². The predicted molar refractivity (Wildman–Crippen MR) is 98.9 cm³/mol. The smallest absolute Gasteiger partial charge is 0.253 e. The van der Waals surface area contributed by atoms with Crippen molar-refractivity contribution >= 4 is 11.0 Å². The minimum Gasteiger partial charge on any atom is -0.307 e. The van der Waals surface area contributed by atoms with Crippen molar-refractivity contribution < 1.29 is 0 Å². The van der Waals surface area contributed by atoms with Crippen molar-refractivity contribution in [3.05, 3.63) is 27.2 Å². The molecule has 5 rings (SSSR count). The van der Waals surface area contributed by atoms with Crippen molar-refractivity contribution in [3.63, 3.8) is 0 Å². The third-order valence-corrected chi connectivity index (χ3v) is 6.42. The largest absolute Gasteiger partial charge is 0.307 e. The normalized spacial score (nSPS) is 24.1. The van der Waals surface area contributed by atoms with Crippen molar-refractivity contribution in [2.45, 2.75) is 70.9 Å². The van der Waals surface area contributed by atoms with Crippen molar-refractivity contribution in [2.75, 3.05) is 13.1 Å². The Morgan fingerprint density at radius 1 is 1.12 bits per heavy atom. The van der Waals surface area contributed by atoms with Crippen molar-refractivity contribution in [1.82, 2.24) is 19.7 Å². The van der Waals surface area contributed by atoms with Gasteiger partial charge in [0.1, 0.15) is 5.65 Å². The van der Waals surface area contributed by atoms with Gasteiger partial charge in [0.15, 0.2) is 0 Å². The van der Waals surface area contributed by atoms with Gasteiger partial charge in [0.25, 0.3) is 5.56 Å². The minimum atomic E-state index is 0.115. The fourth-order valence-electron chi connectivity index (χ4n) is 4.97. The molecule has 2 aromatic rings. The molecule has 2 aromatic heterocycles. The van der Waals surface area contributed by atoms with Crippen LogP contribution in [0.4, 0.5) is 0 Å². The van der Waals surface area contributed by atoms with E-state index in [1.165, 1.54) is 61.8 Å². The first-order valence-corrected chi connectivity index (χ1v) is 10.1. The number of fused-ring (bicyclic) bond motifs is 3. The summed E-state index contributed by atoms with van der Waals surface area (Å²) in [6.07, 6.45) is 9.56. The van der Waals surface area contributed by atoms with Gasteiger partial charge >= 0.3 is 0 Å². The molecule has 134 valence electrons. The molecule has 5 nitrogen and oxygen atoms in total. The third kappa shape index (κ3) is 2.55. The third-order valence-electron chi connectivity index (χ3n) is 6.42. The lowest BCUT2D eigenvalue weighted by Gasteiger charge is -2.24. The Balaban J connectivity index is 1.68. The Bertz CT molecular complexity index is 861. The molecule has 0 spiro atoms. The van der Waals surface area contributed by atoms with Crippen LogP contribution in [0.5, 0.6) is 0 Å². The monoisotopic (exact) mass is 340 g/mol. The number of hydrogen-bond donors (Lipinski definition) is 1. The molecule has 1 saturated carbocycles. The average Bonchev–Trinajstić information content (AvgIpc) is 3.20. The van der Waals surface area contributed by atoms with E-state index in [9.17, 15) is 4.79 Å². The van der Waals surface area contributed by atoms with Crippen LogP contribution in [0.15, 0.2) is 4.79 Å². The predicted octanol–water partition coefficient (Wildman–Crippen LogP) is 3.17. The summed E-state index contributed by atoms with van der Waals surface area (Å²) in [5.74, 6) is 0.911. The fraction of sp³-hybridized carbons (Fsp3) is 0.700. The van der Waals surface area contributed by atoms with Gasteiger partial charge in [-0.3, -0.25) is 9.69 Å². The highest BCUT2D eigenvalue weighted by molar-refractivity contribution is 5.84. The number of aromatic amines is 1. The van der Waals surface area contributed by atoms with E-state index in [2.05, 4.69) is 16.8 Å². The number of aromatic nitrogens is 3. The lowest BCUT2D eigenvalue weighted by molar-refractivity contribution is 0.243. The molecule has 25 heavy (non-hydrogen) atoms. The van der Waals surface area contributed by atoms with Gasteiger partial charge in [-0.15, -0.1) is 0 Å². The van der Waals surface area contributed by atoms with Crippen LogP contribution in [0.1, 0.15) is 68.3 Å². The zero-order valence-electron chi connectivity index (χ0n) is 15.2. The lowest BCUT2D eigenvalue weighted by atomic mass is 9.89. The standard InChI is InChI=1S/C20H28N4O/c1-2-24-19-17(14-6-3-4-7-15(14)20(25)21-19)18(22-24)16-8-5-11-23(16)12-13-9-10-13/h13,16H,2-12H2,1H3,(H,21,25)/t16-/m1/s1. The molecule has 0 unspecified atom stereocenters. The Morgan fingerprint density at radius 3 is 2.68 bits per heavy atom. The second-order valence-corrected chi connectivity index (χ2v) is 8.14. The quantitative estimate of drug-likeness (QED) is 0.930. The van der Waals surface area contributed by atoms with Gasteiger partial charge in [0.2, 0.25) is 0 Å². The van der Waals surface area contributed by atoms with E-state index in [0.717, 1.165) is 42.9 Å². The summed E-state index contributed by atoms with van der Waals surface area (Å²) >= 11 is 0. The van der Waals surface area contributed by atoms with Gasteiger partial charge in [0, 0.05) is 24.0 Å². The zero-order valence-corrected chi connectivity index (χ0v) is 15.2. The second-order valence-electron chi connectivity index (χ2n) is 8.14. The molecule has 2 fully saturated rings. The molecular weight excluding hydrogens is 312 g/mol. The molecule has 3 aliphatic rings. The van der Waals surface area contributed by atoms with Crippen LogP contribution in [0.25, 0.3) is 11.0 Å². The number of nitrogens with zero attached hydrogens (tertiary/aromatic N) is 3. The van der Waals surface area contributed by atoms with Gasteiger partial charge in [-0.1, -0.05) is 0 Å². The average molecular weight is 340 g/mol. The minimum absolute atomic E-state index is 0.115. The second kappa shape index (κ2) is 5.97. The molecule has 0 bridgehead atoms. The van der Waals surface area contributed by atoms with E-state index in [4.69, 9.17) is 5.10 Å². The van der Waals surface area contributed by atoms with Crippen molar-refractivity contribution in [2.24, 2.45) is 5.92 Å². The summed E-state index contributed by atoms with van der Waals surface area (Å²) in [5, 5.41) is 6.30. The lowest BCUT2D eigenvalue weighted by Crippen LogP contribution is -2.26. The number of nitrogens with one attached hydrogen (secondary N) is 1. The fourth-order valence-corrected chi connectivity index (χ4v) is 4.97. The molecule has 0 amide bonds. The SMILES string of the molecule is CCn1nc([C@H]2CCCN2CC2CC2)c2c3c(c(=O)[nH]c21)CCCC3. The maximum atomic E-state index is 12.6. The highest BCUT2D eigenvalue weighted by Crippen LogP contribution is 2.40. The van der Waals surface area contributed by atoms with Crippen LogP contribution < -0.4 is 5.56 Å². The molecule has 0 aromatic carbocycles. The van der Waals surface area contributed by atoms with Crippen LogP contribution in [-0.4, -0.2) is 32.8 Å². The summed E-state index contributed by atoms with van der Waals surface area (Å²) in [4.78, 5) is 18.4. The Kier molecular flexibility index (Phi) is 3.73. The molecule has 1 N–H and O–H groups in total. The highest BCUT2D eigenvalue weighted by Gasteiger charge is 2.35. The van der Waals surface area contributed by atoms with Crippen LogP contribution in [0, 0.1) is 5.92 Å². The van der Waals surface area contributed by atoms with Gasteiger partial charge in [-0.2, -0.15) is 5.10 Å². The van der Waals surface area contributed by atoms with Crippen LogP contribution in [0.3, 0.4) is 0 Å². The Morgan fingerprint density at radius 2 is 1.92 bits per heavy atom. The number of aryl methyl sites for hydroxylation is 2. The molecule has 5 heteroatoms. The van der Waals surface area contributed by atoms with Gasteiger partial charge in [0.05, 0.1) is 11.7 Å². The number of likely N-dealkylation sites (tertiary alicyclic amines) is 1. The molecule has 0 radical (unpaired) electrons. The van der Waals surface area contributed by atoms with Crippen LogP contribution in [0.2, 0.25) is 0 Å². The molecular formula is C20H28N4O. The molecule has 1 atom stereocenters. The Hall–Kier alpha value is -1.62. The summed E-state index contributed by atoms with van der Waals surface area (Å²) < 4.78 is 2.02. The van der Waals surface area contributed by atoms with E-state index in [0.29, 0.717) is 6.04 Å². The van der Waals surface area contributed by atoms with Gasteiger partial charge in [-0.05, 0) is 76.3 Å². The van der Waals surface area contributed by atoms with Gasteiger partial charge in [-0.25, -0.2) is 4.68 Å². The maximum Gasteiger partial charge on any atom is 0.253 e. The summed E-state index contributed by atoms with van der Waals surface area (Å²) in [6, 6.07) is 0.438. The topological polar surface area (TPSA) is 53.9 Å². The van der Waals surface area contributed by atoms with Crippen LogP contribution >= 0.6 is 0 Å². The van der Waals surface area contributed by atoms with E-state index in [-0.39, 0.29) is 5.56 Å². The maximum absolute atomic E-state index is 12.6. The molecule has 2 aliphatic carbocycles. The van der Waals surface area contributed by atoms with Gasteiger partial charge < -0.3 is 4.98 Å². The summed E-state index contributed by atoms with van der Waals surface area (Å²) in [7, 11) is 0. The van der Waals surface area contributed by atoms with E-state index in [1.807, 2.05) is 4.68 Å². The zero-order chi connectivity index (χ0) is 17.0. The number of H-pyrrole nitrogens is 1. The first-order valence-electron chi connectivity index (χ1n) is 10.1. The van der Waals surface area contributed by atoms with Crippen molar-refractivity contribution in [1.29, 1.82) is 0 Å². The first-order chi connectivity index (χ1) is 12.3. The van der Waals surface area contributed by atoms with E-state index >= 15 is 0 Å². The number of pyridine rings is 1.